The standard InChI is InChI=1S/C16H27N3O/c1-3-17-10-15-4-5-16(18-11-15)12-19-8-6-14(7-9-19)13-20-2/h4-5,11,14,17H,3,6-10,12-13H2,1-2H3. The lowest BCUT2D eigenvalue weighted by Gasteiger charge is -2.31. The highest BCUT2D eigenvalue weighted by atomic mass is 16.5. The second-order valence-corrected chi connectivity index (χ2v) is 5.61. The second kappa shape index (κ2) is 8.35. The minimum absolute atomic E-state index is 0.742. The number of nitrogens with one attached hydrogen (secondary N) is 1. The van der Waals surface area contributed by atoms with E-state index >= 15 is 0 Å². The summed E-state index contributed by atoms with van der Waals surface area (Å²) >= 11 is 0. The van der Waals surface area contributed by atoms with Crippen LogP contribution in [0.5, 0.6) is 0 Å². The first-order chi connectivity index (χ1) is 9.81. The molecule has 0 saturated carbocycles. The highest BCUT2D eigenvalue weighted by molar-refractivity contribution is 5.14. The fraction of sp³-hybridized carbons (Fsp3) is 0.688. The number of hydrogen-bond donors (Lipinski definition) is 1. The smallest absolute Gasteiger partial charge is 0.0544 e. The second-order valence-electron chi connectivity index (χ2n) is 5.61. The minimum atomic E-state index is 0.742. The van der Waals surface area contributed by atoms with E-state index in [1.807, 2.05) is 6.20 Å². The Morgan fingerprint density at radius 3 is 2.75 bits per heavy atom. The molecule has 20 heavy (non-hydrogen) atoms. The van der Waals surface area contributed by atoms with E-state index in [1.165, 1.54) is 24.1 Å². The zero-order valence-electron chi connectivity index (χ0n) is 12.8. The lowest BCUT2D eigenvalue weighted by atomic mass is 9.98. The fourth-order valence-electron chi connectivity index (χ4n) is 2.70. The van der Waals surface area contributed by atoms with Gasteiger partial charge in [-0.25, -0.2) is 0 Å². The van der Waals surface area contributed by atoms with E-state index in [1.54, 1.807) is 7.11 Å². The van der Waals surface area contributed by atoms with Crippen LogP contribution in [0.2, 0.25) is 0 Å². The average Bonchev–Trinajstić information content (AvgIpc) is 2.49. The van der Waals surface area contributed by atoms with Gasteiger partial charge in [-0.1, -0.05) is 13.0 Å². The van der Waals surface area contributed by atoms with E-state index in [-0.39, 0.29) is 0 Å². The molecule has 1 fully saturated rings. The van der Waals surface area contributed by atoms with Crippen molar-refractivity contribution in [2.45, 2.75) is 32.9 Å². The van der Waals surface area contributed by atoms with E-state index < -0.39 is 0 Å². The number of nitrogens with zero attached hydrogens (tertiary/aromatic N) is 2. The molecule has 1 aliphatic rings. The Balaban J connectivity index is 1.76. The van der Waals surface area contributed by atoms with Gasteiger partial charge in [-0.15, -0.1) is 0 Å². The summed E-state index contributed by atoms with van der Waals surface area (Å²) in [5.74, 6) is 0.742. The number of hydrogen-bond acceptors (Lipinski definition) is 4. The molecule has 0 amide bonds. The molecule has 112 valence electrons. The van der Waals surface area contributed by atoms with Gasteiger partial charge in [-0.2, -0.15) is 0 Å². The number of likely N-dealkylation sites (tertiary alicyclic amines) is 1. The number of aromatic nitrogens is 1. The van der Waals surface area contributed by atoms with Crippen LogP contribution in [0.3, 0.4) is 0 Å². The molecule has 0 aromatic carbocycles. The van der Waals surface area contributed by atoms with E-state index in [0.29, 0.717) is 0 Å². The van der Waals surface area contributed by atoms with Gasteiger partial charge in [0.25, 0.3) is 0 Å². The SMILES string of the molecule is CCNCc1ccc(CN2CCC(COC)CC2)nc1. The van der Waals surface area contributed by atoms with E-state index in [0.717, 1.165) is 45.2 Å². The summed E-state index contributed by atoms with van der Waals surface area (Å²) in [5.41, 5.74) is 2.44. The van der Waals surface area contributed by atoms with Crippen molar-refractivity contribution in [2.24, 2.45) is 5.92 Å². The lowest BCUT2D eigenvalue weighted by Crippen LogP contribution is -2.34. The van der Waals surface area contributed by atoms with Crippen LogP contribution in [0.15, 0.2) is 18.3 Å². The molecule has 1 aromatic heterocycles. The summed E-state index contributed by atoms with van der Waals surface area (Å²) in [6, 6.07) is 4.34. The van der Waals surface area contributed by atoms with Crippen molar-refractivity contribution in [1.82, 2.24) is 15.2 Å². The van der Waals surface area contributed by atoms with E-state index in [4.69, 9.17) is 4.74 Å². The van der Waals surface area contributed by atoms with Crippen molar-refractivity contribution in [3.05, 3.63) is 29.6 Å². The maximum atomic E-state index is 5.24. The molecule has 4 heteroatoms. The van der Waals surface area contributed by atoms with Crippen LogP contribution < -0.4 is 5.32 Å². The summed E-state index contributed by atoms with van der Waals surface area (Å²) < 4.78 is 5.24. The highest BCUT2D eigenvalue weighted by Gasteiger charge is 2.19. The number of rotatable bonds is 7. The Morgan fingerprint density at radius 1 is 1.35 bits per heavy atom. The Morgan fingerprint density at radius 2 is 2.15 bits per heavy atom. The Kier molecular flexibility index (Phi) is 6.43. The molecule has 0 unspecified atom stereocenters. The van der Waals surface area contributed by atoms with Gasteiger partial charge in [0.1, 0.15) is 0 Å². The van der Waals surface area contributed by atoms with Crippen molar-refractivity contribution in [1.29, 1.82) is 0 Å². The summed E-state index contributed by atoms with van der Waals surface area (Å²) in [7, 11) is 1.80. The van der Waals surface area contributed by atoms with Crippen molar-refractivity contribution >= 4 is 0 Å². The highest BCUT2D eigenvalue weighted by Crippen LogP contribution is 2.18. The van der Waals surface area contributed by atoms with Gasteiger partial charge < -0.3 is 10.1 Å². The maximum absolute atomic E-state index is 5.24. The van der Waals surface area contributed by atoms with Gasteiger partial charge in [0.2, 0.25) is 0 Å². The van der Waals surface area contributed by atoms with Gasteiger partial charge >= 0.3 is 0 Å². The molecular formula is C16H27N3O. The molecule has 2 rings (SSSR count). The molecule has 0 bridgehead atoms. The summed E-state index contributed by atoms with van der Waals surface area (Å²) in [6.07, 6.45) is 4.48. The molecule has 1 N–H and O–H groups in total. The molecule has 1 aliphatic heterocycles. The monoisotopic (exact) mass is 277 g/mol. The van der Waals surface area contributed by atoms with Gasteiger partial charge in [0.05, 0.1) is 5.69 Å². The summed E-state index contributed by atoms with van der Waals surface area (Å²) in [5, 5.41) is 3.32. The molecule has 0 atom stereocenters. The lowest BCUT2D eigenvalue weighted by molar-refractivity contribution is 0.0963. The van der Waals surface area contributed by atoms with E-state index in [2.05, 4.69) is 34.3 Å². The molecule has 0 aliphatic carbocycles. The minimum Gasteiger partial charge on any atom is -0.384 e. The first kappa shape index (κ1) is 15.4. The molecule has 0 radical (unpaired) electrons. The molecule has 4 nitrogen and oxygen atoms in total. The van der Waals surface area contributed by atoms with Gasteiger partial charge in [-0.05, 0) is 50.0 Å². The third-order valence-corrected chi connectivity index (χ3v) is 3.96. The van der Waals surface area contributed by atoms with Crippen LogP contribution in [0.4, 0.5) is 0 Å². The van der Waals surface area contributed by atoms with Crippen molar-refractivity contribution in [3.63, 3.8) is 0 Å². The molecule has 2 heterocycles. The first-order valence-corrected chi connectivity index (χ1v) is 7.67. The first-order valence-electron chi connectivity index (χ1n) is 7.67. The van der Waals surface area contributed by atoms with Crippen molar-refractivity contribution < 1.29 is 4.74 Å². The van der Waals surface area contributed by atoms with Crippen LogP contribution >= 0.6 is 0 Å². The zero-order chi connectivity index (χ0) is 14.2. The van der Waals surface area contributed by atoms with Gasteiger partial charge in [0, 0.05) is 33.0 Å². The van der Waals surface area contributed by atoms with Crippen LogP contribution in [-0.2, 0) is 17.8 Å². The van der Waals surface area contributed by atoms with Gasteiger partial charge in [-0.3, -0.25) is 9.88 Å². The number of piperidine rings is 1. The van der Waals surface area contributed by atoms with Crippen LogP contribution in [-0.4, -0.2) is 43.2 Å². The summed E-state index contributed by atoms with van der Waals surface area (Å²) in [4.78, 5) is 7.07. The third-order valence-electron chi connectivity index (χ3n) is 3.96. The summed E-state index contributed by atoms with van der Waals surface area (Å²) in [6.45, 7) is 8.23. The third kappa shape index (κ3) is 4.85. The van der Waals surface area contributed by atoms with E-state index in [9.17, 15) is 0 Å². The molecule has 0 spiro atoms. The predicted octanol–water partition coefficient (Wildman–Crippen LogP) is 2.05. The largest absolute Gasteiger partial charge is 0.384 e. The van der Waals surface area contributed by atoms with Gasteiger partial charge in [0.15, 0.2) is 0 Å². The topological polar surface area (TPSA) is 37.4 Å². The van der Waals surface area contributed by atoms with Crippen molar-refractivity contribution in [2.75, 3.05) is 33.4 Å². The Labute approximate surface area is 122 Å². The quantitative estimate of drug-likeness (QED) is 0.828. The number of methoxy groups -OCH3 is 1. The molecule has 1 saturated heterocycles. The fourth-order valence-corrected chi connectivity index (χ4v) is 2.70. The molecular weight excluding hydrogens is 250 g/mol. The normalized spacial score (nSPS) is 17.5. The predicted molar refractivity (Wildman–Crippen MR) is 81.5 cm³/mol. The number of pyridine rings is 1. The zero-order valence-corrected chi connectivity index (χ0v) is 12.8. The van der Waals surface area contributed by atoms with Crippen LogP contribution in [0, 0.1) is 5.92 Å². The average molecular weight is 277 g/mol. The maximum Gasteiger partial charge on any atom is 0.0544 e. The Hall–Kier alpha value is -0.970. The Bertz CT molecular complexity index is 372. The number of ether oxygens (including phenoxy) is 1. The van der Waals surface area contributed by atoms with Crippen LogP contribution in [0.25, 0.3) is 0 Å². The van der Waals surface area contributed by atoms with Crippen LogP contribution in [0.1, 0.15) is 31.0 Å². The van der Waals surface area contributed by atoms with Crippen molar-refractivity contribution in [3.8, 4) is 0 Å². The molecule has 1 aromatic rings.